The molecule has 1 aliphatic carbocycles. The van der Waals surface area contributed by atoms with E-state index < -0.39 is 18.6 Å². The molecule has 5 aromatic rings. The zero-order valence-electron chi connectivity index (χ0n) is 28.0. The Morgan fingerprint density at radius 3 is 1.81 bits per heavy atom. The smallest absolute Gasteiger partial charge is 0.190 e. The number of aliphatic hydroxyl groups is 2. The first kappa shape index (κ1) is 32.8. The number of methoxy groups -OCH3 is 1. The predicted molar refractivity (Wildman–Crippen MR) is 194 cm³/mol. The summed E-state index contributed by atoms with van der Waals surface area (Å²) in [6.07, 6.45) is 11.0. The maximum absolute atomic E-state index is 14.1. The molecule has 0 heterocycles. The molecule has 0 atom stereocenters. The van der Waals surface area contributed by atoms with E-state index in [-0.39, 0.29) is 16.6 Å². The summed E-state index contributed by atoms with van der Waals surface area (Å²) in [7, 11) is 1.62. The Morgan fingerprint density at radius 1 is 0.702 bits per heavy atom. The van der Waals surface area contributed by atoms with Crippen molar-refractivity contribution >= 4 is 60.5 Å². The molecule has 248 valence electrons. The van der Waals surface area contributed by atoms with Gasteiger partial charge in [0.15, 0.2) is 16.6 Å². The van der Waals surface area contributed by atoms with E-state index in [0.29, 0.717) is 74.7 Å². The van der Waals surface area contributed by atoms with E-state index in [1.807, 2.05) is 6.92 Å². The predicted octanol–water partition coefficient (Wildman–Crippen LogP) is 7.54. The van der Waals surface area contributed by atoms with Crippen molar-refractivity contribution in [3.8, 4) is 11.5 Å². The van der Waals surface area contributed by atoms with Crippen LogP contribution >= 0.6 is 0 Å². The Bertz CT molecular complexity index is 2120. The first-order valence-electron chi connectivity index (χ1n) is 17.1. The number of allylic oxidation sites excluding steroid dienone is 1. The van der Waals surface area contributed by atoms with E-state index in [4.69, 9.17) is 4.74 Å². The van der Waals surface area contributed by atoms with Crippen LogP contribution in [0.1, 0.15) is 94.4 Å². The lowest BCUT2D eigenvalue weighted by molar-refractivity contribution is 0.282. The number of phenols is 1. The van der Waals surface area contributed by atoms with E-state index >= 15 is 0 Å². The highest BCUT2D eigenvalue weighted by Gasteiger charge is 2.32. The largest absolute Gasteiger partial charge is 0.505 e. The van der Waals surface area contributed by atoms with E-state index in [0.717, 1.165) is 78.8 Å². The van der Waals surface area contributed by atoms with Gasteiger partial charge in [0.1, 0.15) is 5.75 Å². The summed E-state index contributed by atoms with van der Waals surface area (Å²) in [6, 6.07) is 2.84. The summed E-state index contributed by atoms with van der Waals surface area (Å²) in [4.78, 5) is 28.0. The minimum Gasteiger partial charge on any atom is -0.505 e. The molecule has 47 heavy (non-hydrogen) atoms. The number of ether oxygens (including phenoxy) is 1. The van der Waals surface area contributed by atoms with Crippen molar-refractivity contribution < 1.29 is 20.1 Å². The van der Waals surface area contributed by atoms with Crippen LogP contribution in [-0.2, 0) is 19.6 Å². The number of aromatic hydroxyl groups is 1. The SMILES string of the molecule is CCCCCCNc1c(O)c2c(=O)cc(CO)c3c4c(CO)cc(=O)c5c(NCCCCCC)c(OC)c6c(c(c1C=C(C)C6)c23)c54. The first-order valence-corrected chi connectivity index (χ1v) is 17.1. The lowest BCUT2D eigenvalue weighted by atomic mass is 9.81. The van der Waals surface area contributed by atoms with E-state index in [2.05, 4.69) is 30.6 Å². The van der Waals surface area contributed by atoms with Gasteiger partial charge < -0.3 is 30.7 Å². The molecule has 8 heteroatoms. The van der Waals surface area contributed by atoms with E-state index in [9.17, 15) is 24.9 Å². The molecule has 5 aromatic carbocycles. The van der Waals surface area contributed by atoms with Crippen LogP contribution in [0.25, 0.3) is 49.2 Å². The van der Waals surface area contributed by atoms with Gasteiger partial charge in [0.2, 0.25) is 0 Å². The Kier molecular flexibility index (Phi) is 9.44. The third-order valence-corrected chi connectivity index (χ3v) is 9.87. The fourth-order valence-electron chi connectivity index (χ4n) is 7.80. The highest BCUT2D eigenvalue weighted by molar-refractivity contribution is 6.39. The highest BCUT2D eigenvalue weighted by atomic mass is 16.5. The van der Waals surface area contributed by atoms with Crippen molar-refractivity contribution in [1.82, 2.24) is 0 Å². The topological polar surface area (TPSA) is 128 Å². The average molecular weight is 639 g/mol. The number of phenolic OH excluding ortho intramolecular Hbond substituents is 1. The standard InChI is InChI=1S/C39H46N2O6/c1-5-7-9-11-13-40-36-24-15-21(3)16-25-31-30(24)35-29(23(20-43)18-27(45)33(35)38(36)46)28-22(19-42)17-26(44)32(34(28)31)37(39(25)47-4)41-14-12-10-8-6-2/h15,17-18,40-43,46H,5-14,16,19-20H2,1-4H3. The Balaban J connectivity index is 1.84. The average Bonchev–Trinajstić information content (AvgIpc) is 3.21. The van der Waals surface area contributed by atoms with E-state index in [1.54, 1.807) is 7.11 Å². The van der Waals surface area contributed by atoms with Crippen LogP contribution < -0.4 is 26.2 Å². The van der Waals surface area contributed by atoms with Crippen LogP contribution in [-0.4, -0.2) is 35.5 Å². The summed E-state index contributed by atoms with van der Waals surface area (Å²) < 4.78 is 6.17. The number of anilines is 2. The maximum atomic E-state index is 14.1. The lowest BCUT2D eigenvalue weighted by Crippen LogP contribution is -2.14. The van der Waals surface area contributed by atoms with Gasteiger partial charge in [0.05, 0.1) is 42.5 Å². The van der Waals surface area contributed by atoms with Crippen molar-refractivity contribution in [2.24, 2.45) is 0 Å². The summed E-state index contributed by atoms with van der Waals surface area (Å²) in [5.74, 6) is 0.461. The van der Waals surface area contributed by atoms with Gasteiger partial charge >= 0.3 is 0 Å². The molecule has 0 bridgehead atoms. The quantitative estimate of drug-likeness (QED) is 0.0345. The van der Waals surface area contributed by atoms with Crippen molar-refractivity contribution in [2.45, 2.75) is 91.8 Å². The van der Waals surface area contributed by atoms with Crippen LogP contribution in [0.5, 0.6) is 11.5 Å². The number of fused-ring (bicyclic) bond motifs is 1. The number of hydrogen-bond acceptors (Lipinski definition) is 8. The molecule has 6 rings (SSSR count). The van der Waals surface area contributed by atoms with Crippen molar-refractivity contribution in [2.75, 3.05) is 30.8 Å². The molecule has 8 nitrogen and oxygen atoms in total. The van der Waals surface area contributed by atoms with Crippen molar-refractivity contribution in [3.63, 3.8) is 0 Å². The molecule has 1 aliphatic rings. The third kappa shape index (κ3) is 5.32. The summed E-state index contributed by atoms with van der Waals surface area (Å²) in [6.45, 7) is 6.83. The van der Waals surface area contributed by atoms with E-state index in [1.165, 1.54) is 12.1 Å². The minimum absolute atomic E-state index is 0.125. The number of unbranched alkanes of at least 4 members (excludes halogenated alkanes) is 6. The summed E-state index contributed by atoms with van der Waals surface area (Å²) >= 11 is 0. The molecule has 0 radical (unpaired) electrons. The van der Waals surface area contributed by atoms with Crippen LogP contribution in [0.15, 0.2) is 27.3 Å². The number of hydrogen-bond donors (Lipinski definition) is 5. The molecule has 0 unspecified atom stereocenters. The zero-order valence-corrected chi connectivity index (χ0v) is 28.0. The van der Waals surface area contributed by atoms with Crippen molar-refractivity contribution in [3.05, 3.63) is 60.4 Å². The van der Waals surface area contributed by atoms with Crippen LogP contribution in [0.4, 0.5) is 11.4 Å². The first-order chi connectivity index (χ1) is 22.8. The number of aliphatic hydroxyl groups excluding tert-OH is 2. The van der Waals surface area contributed by atoms with Gasteiger partial charge in [-0.2, -0.15) is 0 Å². The second-order valence-electron chi connectivity index (χ2n) is 13.1. The molecule has 0 spiro atoms. The Hall–Kier alpha value is -4.14. The molecule has 5 N–H and O–H groups in total. The van der Waals surface area contributed by atoms with Gasteiger partial charge in [-0.15, -0.1) is 0 Å². The second kappa shape index (κ2) is 13.5. The molecular weight excluding hydrogens is 592 g/mol. The third-order valence-electron chi connectivity index (χ3n) is 9.87. The van der Waals surface area contributed by atoms with Gasteiger partial charge in [-0.05, 0) is 65.6 Å². The number of benzene rings is 5. The molecule has 0 aliphatic heterocycles. The summed E-state index contributed by atoms with van der Waals surface area (Å²) in [5.41, 5.74) is 3.94. The van der Waals surface area contributed by atoms with Gasteiger partial charge in [0, 0.05) is 40.4 Å². The minimum atomic E-state index is -0.422. The second-order valence-corrected chi connectivity index (χ2v) is 13.1. The number of rotatable bonds is 15. The van der Waals surface area contributed by atoms with Crippen LogP contribution in [0, 0.1) is 0 Å². The molecular formula is C39H46N2O6. The molecule has 0 aromatic heterocycles. The molecule has 0 amide bonds. The monoisotopic (exact) mass is 638 g/mol. The van der Waals surface area contributed by atoms with Gasteiger partial charge in [0.25, 0.3) is 0 Å². The molecule has 0 saturated carbocycles. The fraction of sp³-hybridized carbons (Fsp3) is 0.436. The maximum Gasteiger partial charge on any atom is 0.190 e. The Morgan fingerprint density at radius 2 is 1.26 bits per heavy atom. The normalized spacial score (nSPS) is 12.9. The summed E-state index contributed by atoms with van der Waals surface area (Å²) in [5, 5.41) is 44.8. The Labute approximate surface area is 274 Å². The van der Waals surface area contributed by atoms with Crippen molar-refractivity contribution in [1.29, 1.82) is 0 Å². The number of nitrogens with one attached hydrogen (secondary N) is 2. The molecule has 0 saturated heterocycles. The van der Waals surface area contributed by atoms with Gasteiger partial charge in [-0.1, -0.05) is 64.0 Å². The zero-order chi connectivity index (χ0) is 33.4. The highest BCUT2D eigenvalue weighted by Crippen LogP contribution is 2.54. The lowest BCUT2D eigenvalue weighted by Gasteiger charge is -2.25. The fourth-order valence-corrected chi connectivity index (χ4v) is 7.80. The van der Waals surface area contributed by atoms with Crippen LogP contribution in [0.3, 0.4) is 0 Å². The van der Waals surface area contributed by atoms with Gasteiger partial charge in [-0.25, -0.2) is 0 Å². The van der Waals surface area contributed by atoms with Crippen LogP contribution in [0.2, 0.25) is 0 Å². The molecule has 0 fully saturated rings. The van der Waals surface area contributed by atoms with Gasteiger partial charge in [-0.3, -0.25) is 9.59 Å².